The van der Waals surface area contributed by atoms with Gasteiger partial charge in [-0.2, -0.15) is 0 Å². The highest BCUT2D eigenvalue weighted by Gasteiger charge is 2.28. The maximum atomic E-state index is 13.0. The summed E-state index contributed by atoms with van der Waals surface area (Å²) < 4.78 is 7.07. The van der Waals surface area contributed by atoms with Crippen LogP contribution in [0.1, 0.15) is 44.8 Å². The Morgan fingerprint density at radius 1 is 1.11 bits per heavy atom. The zero-order chi connectivity index (χ0) is 25.2. The zero-order valence-electron chi connectivity index (χ0n) is 20.9. The van der Waals surface area contributed by atoms with Gasteiger partial charge in [0, 0.05) is 31.7 Å². The third-order valence-electron chi connectivity index (χ3n) is 5.52. The van der Waals surface area contributed by atoms with Crippen molar-refractivity contribution >= 4 is 17.4 Å². The van der Waals surface area contributed by atoms with Crippen molar-refractivity contribution in [3.8, 4) is 0 Å². The summed E-state index contributed by atoms with van der Waals surface area (Å²) in [5.74, 6) is 0.930. The van der Waals surface area contributed by atoms with Crippen LogP contribution in [-0.2, 0) is 28.0 Å². The Morgan fingerprint density at radius 2 is 1.89 bits per heavy atom. The lowest BCUT2D eigenvalue weighted by atomic mass is 9.84. The zero-order valence-corrected chi connectivity index (χ0v) is 20.9. The number of anilines is 1. The number of ether oxygens (including phenoxy) is 1. The quantitative estimate of drug-likeness (QED) is 0.312. The summed E-state index contributed by atoms with van der Waals surface area (Å²) in [6, 6.07) is 14.9. The smallest absolute Gasteiger partial charge is 0.229 e. The molecular weight excluding hydrogens is 446 g/mol. The van der Waals surface area contributed by atoms with E-state index in [1.54, 1.807) is 13.1 Å². The number of carbonyl (C=O) groups is 1. The molecule has 0 saturated carbocycles. The normalized spacial score (nSPS) is 13.5. The lowest BCUT2D eigenvalue weighted by molar-refractivity contribution is -0.123. The number of pyridine rings is 1. The molecule has 0 saturated heterocycles. The topological polar surface area (TPSA) is 116 Å². The van der Waals surface area contributed by atoms with Crippen molar-refractivity contribution in [1.82, 2.24) is 25.2 Å². The molecule has 2 heterocycles. The van der Waals surface area contributed by atoms with Crippen molar-refractivity contribution in [2.45, 2.75) is 34.3 Å². The maximum Gasteiger partial charge on any atom is 0.229 e. The highest BCUT2D eigenvalue weighted by molar-refractivity contribution is 6.10. The number of nitrogens with zero attached hydrogens (tertiary/aromatic N) is 6. The fourth-order valence-electron chi connectivity index (χ4n) is 3.88. The van der Waals surface area contributed by atoms with Gasteiger partial charge in [-0.15, -0.1) is 5.10 Å². The Morgan fingerprint density at radius 3 is 2.54 bits per heavy atom. The summed E-state index contributed by atoms with van der Waals surface area (Å²) in [7, 11) is 1.74. The third-order valence-corrected chi connectivity index (χ3v) is 5.52. The van der Waals surface area contributed by atoms with Crippen molar-refractivity contribution in [1.29, 1.82) is 0 Å². The summed E-state index contributed by atoms with van der Waals surface area (Å²) in [4.78, 5) is 23.2. The van der Waals surface area contributed by atoms with E-state index in [-0.39, 0.29) is 30.3 Å². The van der Waals surface area contributed by atoms with Crippen molar-refractivity contribution in [3.63, 3.8) is 0 Å². The summed E-state index contributed by atoms with van der Waals surface area (Å²) in [6.45, 7) is 9.34. The molecule has 10 nitrogen and oxygen atoms in total. The fraction of sp³-hybridized carbons (Fsp3) is 0.440. The number of nitrogens with one attached hydrogen (secondary N) is 1. The van der Waals surface area contributed by atoms with Gasteiger partial charge in [0.25, 0.3) is 0 Å². The van der Waals surface area contributed by atoms with Gasteiger partial charge in [-0.3, -0.25) is 4.79 Å². The standard InChI is InChI=1S/C25H33N7O3/c1-6-34-15-18(4)22(17(2)3)25(33)27-21-14-10-13-20(26-21)16-35-29-23(19-11-8-7-9-12-19)24-28-30-31-32(24)5/h7-14,17-18,22H,6,15-16H2,1-5H3,(H,26,27,33). The minimum absolute atomic E-state index is 0.0723. The lowest BCUT2D eigenvalue weighted by Gasteiger charge is -2.26. The molecule has 1 amide bonds. The largest absolute Gasteiger partial charge is 0.389 e. The Bertz CT molecular complexity index is 1120. The predicted molar refractivity (Wildman–Crippen MR) is 133 cm³/mol. The average molecular weight is 480 g/mol. The number of hydrogen-bond acceptors (Lipinski definition) is 8. The number of aryl methyl sites for hydroxylation is 1. The first-order valence-corrected chi connectivity index (χ1v) is 11.7. The van der Waals surface area contributed by atoms with Gasteiger partial charge in [0.2, 0.25) is 11.7 Å². The first kappa shape index (κ1) is 26.0. The van der Waals surface area contributed by atoms with Gasteiger partial charge in [-0.05, 0) is 41.3 Å². The van der Waals surface area contributed by atoms with Crippen LogP contribution in [0.15, 0.2) is 53.7 Å². The van der Waals surface area contributed by atoms with E-state index in [4.69, 9.17) is 9.57 Å². The van der Waals surface area contributed by atoms with Gasteiger partial charge in [0.15, 0.2) is 12.3 Å². The van der Waals surface area contributed by atoms with E-state index in [0.717, 1.165) is 5.56 Å². The molecule has 0 spiro atoms. The molecule has 2 atom stereocenters. The van der Waals surface area contributed by atoms with Gasteiger partial charge in [0.05, 0.1) is 5.69 Å². The molecule has 10 heteroatoms. The SMILES string of the molecule is CCOCC(C)C(C(=O)Nc1cccc(CON=C(c2ccccc2)c2nnnn2C)n1)C(C)C. The second-order valence-electron chi connectivity index (χ2n) is 8.62. The second kappa shape index (κ2) is 12.7. The van der Waals surface area contributed by atoms with Gasteiger partial charge in [-0.1, -0.05) is 62.3 Å². The highest BCUT2D eigenvalue weighted by atomic mass is 16.6. The predicted octanol–water partition coefficient (Wildman–Crippen LogP) is 3.46. The Labute approximate surface area is 205 Å². The minimum Gasteiger partial charge on any atom is -0.389 e. The third kappa shape index (κ3) is 7.16. The highest BCUT2D eigenvalue weighted by Crippen LogP contribution is 2.23. The maximum absolute atomic E-state index is 13.0. The molecule has 0 bridgehead atoms. The number of oxime groups is 1. The van der Waals surface area contributed by atoms with Crippen LogP contribution in [0.25, 0.3) is 0 Å². The number of hydrogen-bond donors (Lipinski definition) is 1. The van der Waals surface area contributed by atoms with E-state index < -0.39 is 0 Å². The van der Waals surface area contributed by atoms with Crippen molar-refractivity contribution < 1.29 is 14.4 Å². The molecule has 2 unspecified atom stereocenters. The van der Waals surface area contributed by atoms with Crippen LogP contribution in [0.2, 0.25) is 0 Å². The van der Waals surface area contributed by atoms with Crippen LogP contribution in [0.4, 0.5) is 5.82 Å². The molecule has 1 N–H and O–H groups in total. The monoisotopic (exact) mass is 479 g/mol. The van der Waals surface area contributed by atoms with Crippen molar-refractivity contribution in [2.24, 2.45) is 30.0 Å². The number of aromatic nitrogens is 5. The van der Waals surface area contributed by atoms with Gasteiger partial charge in [-0.25, -0.2) is 9.67 Å². The second-order valence-corrected chi connectivity index (χ2v) is 8.62. The van der Waals surface area contributed by atoms with E-state index in [9.17, 15) is 4.79 Å². The van der Waals surface area contributed by atoms with Crippen LogP contribution in [0.5, 0.6) is 0 Å². The van der Waals surface area contributed by atoms with Crippen molar-refractivity contribution in [3.05, 3.63) is 65.6 Å². The Kier molecular flexibility index (Phi) is 9.42. The van der Waals surface area contributed by atoms with Gasteiger partial charge in [0.1, 0.15) is 5.82 Å². The van der Waals surface area contributed by atoms with Crippen LogP contribution in [0, 0.1) is 17.8 Å². The van der Waals surface area contributed by atoms with E-state index in [1.807, 2.05) is 70.2 Å². The molecule has 0 aliphatic heterocycles. The van der Waals surface area contributed by atoms with E-state index in [0.29, 0.717) is 36.3 Å². The number of rotatable bonds is 12. The molecule has 1 aromatic carbocycles. The summed E-state index contributed by atoms with van der Waals surface area (Å²) in [5.41, 5.74) is 1.95. The molecule has 0 aliphatic carbocycles. The lowest BCUT2D eigenvalue weighted by Crippen LogP contribution is -2.34. The molecule has 186 valence electrons. The van der Waals surface area contributed by atoms with E-state index >= 15 is 0 Å². The van der Waals surface area contributed by atoms with E-state index in [1.165, 1.54) is 4.68 Å². The molecule has 35 heavy (non-hydrogen) atoms. The average Bonchev–Trinajstić information content (AvgIpc) is 3.26. The molecule has 3 aromatic rings. The van der Waals surface area contributed by atoms with Crippen LogP contribution in [0.3, 0.4) is 0 Å². The molecular formula is C25H33N7O3. The van der Waals surface area contributed by atoms with Crippen molar-refractivity contribution in [2.75, 3.05) is 18.5 Å². The molecule has 0 aliphatic rings. The van der Waals surface area contributed by atoms with Crippen LogP contribution >= 0.6 is 0 Å². The molecule has 2 aromatic heterocycles. The van der Waals surface area contributed by atoms with Crippen LogP contribution < -0.4 is 5.32 Å². The first-order valence-electron chi connectivity index (χ1n) is 11.7. The number of amides is 1. The fourth-order valence-corrected chi connectivity index (χ4v) is 3.88. The number of tetrazole rings is 1. The van der Waals surface area contributed by atoms with E-state index in [2.05, 4.69) is 31.0 Å². The minimum atomic E-state index is -0.193. The summed E-state index contributed by atoms with van der Waals surface area (Å²) >= 11 is 0. The molecule has 3 rings (SSSR count). The number of carbonyl (C=O) groups excluding carboxylic acids is 1. The van der Waals surface area contributed by atoms with Gasteiger partial charge < -0.3 is 14.9 Å². The molecule has 0 fully saturated rings. The first-order chi connectivity index (χ1) is 16.9. The Balaban J connectivity index is 1.70. The number of benzene rings is 1. The summed E-state index contributed by atoms with van der Waals surface area (Å²) in [6.07, 6.45) is 0. The summed E-state index contributed by atoms with van der Waals surface area (Å²) in [5, 5.41) is 18.9. The molecule has 0 radical (unpaired) electrons. The van der Waals surface area contributed by atoms with Crippen LogP contribution in [-0.4, -0.2) is 50.0 Å². The Hall–Kier alpha value is -3.66. The van der Waals surface area contributed by atoms with Gasteiger partial charge >= 0.3 is 0 Å².